The molecule has 0 heterocycles. The van der Waals surface area contributed by atoms with E-state index in [4.69, 9.17) is 0 Å². The van der Waals surface area contributed by atoms with Gasteiger partial charge in [-0.2, -0.15) is 39.5 Å². The fraction of sp³-hybridized carbons (Fsp3) is 0.500. The molecule has 0 spiro atoms. The third-order valence-corrected chi connectivity index (χ3v) is 3.19. The summed E-state index contributed by atoms with van der Waals surface area (Å²) in [5.74, 6) is -20.5. The van der Waals surface area contributed by atoms with Gasteiger partial charge in [0.2, 0.25) is 0 Å². The molecule has 0 saturated carbocycles. The summed E-state index contributed by atoms with van der Waals surface area (Å²) >= 11 is 0. The Hall–Kier alpha value is -1.98. The van der Waals surface area contributed by atoms with Gasteiger partial charge in [0.25, 0.3) is 0 Å². The molecule has 12 heteroatoms. The highest BCUT2D eigenvalue weighted by Crippen LogP contribution is 2.55. The average molecular weight is 398 g/mol. The Kier molecular flexibility index (Phi) is 5.91. The molecule has 148 valence electrons. The highest BCUT2D eigenvalue weighted by molar-refractivity contribution is 5.69. The minimum absolute atomic E-state index is 0.103. The van der Waals surface area contributed by atoms with Crippen molar-refractivity contribution in [1.29, 1.82) is 0 Å². The summed E-state index contributed by atoms with van der Waals surface area (Å²) in [6, 6.07) is 3.64. The fourth-order valence-electron chi connectivity index (χ4n) is 1.82. The van der Waals surface area contributed by atoms with E-state index in [9.17, 15) is 49.4 Å². The van der Waals surface area contributed by atoms with Gasteiger partial charge in [-0.3, -0.25) is 4.79 Å². The van der Waals surface area contributed by atoms with Crippen LogP contribution < -0.4 is 4.74 Å². The van der Waals surface area contributed by atoms with Gasteiger partial charge < -0.3 is 9.84 Å². The highest BCUT2D eigenvalue weighted by atomic mass is 19.4. The van der Waals surface area contributed by atoms with Gasteiger partial charge in [0.05, 0.1) is 6.10 Å². The van der Waals surface area contributed by atoms with E-state index in [-0.39, 0.29) is 5.75 Å². The molecule has 1 atom stereocenters. The normalized spacial score (nSPS) is 14.9. The summed E-state index contributed by atoms with van der Waals surface area (Å²) in [6.07, 6.45) is -11.8. The molecule has 0 saturated heterocycles. The summed E-state index contributed by atoms with van der Waals surface area (Å²) < 4.78 is 119. The molecule has 1 unspecified atom stereocenters. The van der Waals surface area contributed by atoms with Crippen LogP contribution in [0.5, 0.6) is 5.75 Å². The lowest BCUT2D eigenvalue weighted by atomic mass is 9.95. The van der Waals surface area contributed by atoms with Gasteiger partial charge in [0, 0.05) is 13.3 Å². The molecule has 3 nitrogen and oxygen atoms in total. The Morgan fingerprint density at radius 2 is 1.42 bits per heavy atom. The van der Waals surface area contributed by atoms with Gasteiger partial charge >= 0.3 is 29.9 Å². The molecule has 0 aromatic heterocycles. The van der Waals surface area contributed by atoms with Crippen LogP contribution in [0, 0.1) is 0 Å². The number of carbonyl (C=O) groups excluding carboxylic acids is 1. The number of ether oxygens (including phenoxy) is 1. The molecular weight excluding hydrogens is 387 g/mol. The van der Waals surface area contributed by atoms with Gasteiger partial charge in [-0.05, 0) is 17.7 Å². The Morgan fingerprint density at radius 3 is 1.81 bits per heavy atom. The molecule has 0 aliphatic heterocycles. The summed E-state index contributed by atoms with van der Waals surface area (Å²) in [5, 5.41) is 9.51. The summed E-state index contributed by atoms with van der Waals surface area (Å²) in [7, 11) is 0. The van der Waals surface area contributed by atoms with Crippen molar-refractivity contribution in [2.75, 3.05) is 0 Å². The molecule has 1 N–H and O–H groups in total. The minimum Gasteiger partial charge on any atom is -0.427 e. The monoisotopic (exact) mass is 398 g/mol. The van der Waals surface area contributed by atoms with Gasteiger partial charge in [-0.15, -0.1) is 0 Å². The fourth-order valence-corrected chi connectivity index (χ4v) is 1.82. The number of alkyl halides is 9. The number of halogens is 9. The van der Waals surface area contributed by atoms with Crippen molar-refractivity contribution in [2.24, 2.45) is 0 Å². The third kappa shape index (κ3) is 4.22. The van der Waals surface area contributed by atoms with E-state index in [1.54, 1.807) is 0 Å². The average Bonchev–Trinajstić information content (AvgIpc) is 2.45. The second-order valence-electron chi connectivity index (χ2n) is 5.23. The van der Waals surface area contributed by atoms with E-state index >= 15 is 0 Å². The van der Waals surface area contributed by atoms with E-state index < -0.39 is 48.0 Å². The third-order valence-electron chi connectivity index (χ3n) is 3.19. The number of aliphatic hydroxyl groups excluding tert-OH is 1. The van der Waals surface area contributed by atoms with Gasteiger partial charge in [-0.25, -0.2) is 0 Å². The van der Waals surface area contributed by atoms with Crippen LogP contribution >= 0.6 is 0 Å². The zero-order valence-electron chi connectivity index (χ0n) is 12.8. The molecule has 26 heavy (non-hydrogen) atoms. The number of hydrogen-bond donors (Lipinski definition) is 1. The molecule has 0 amide bonds. The van der Waals surface area contributed by atoms with Crippen LogP contribution in [0.2, 0.25) is 0 Å². The molecule has 0 radical (unpaired) electrons. The van der Waals surface area contributed by atoms with Crippen LogP contribution in [0.3, 0.4) is 0 Å². The Bertz CT molecular complexity index is 638. The van der Waals surface area contributed by atoms with Gasteiger partial charge in [-0.1, -0.05) is 12.1 Å². The first-order chi connectivity index (χ1) is 11.5. The van der Waals surface area contributed by atoms with Crippen LogP contribution in [0.15, 0.2) is 24.3 Å². The second-order valence-corrected chi connectivity index (χ2v) is 5.23. The Labute approximate surface area is 140 Å². The zero-order chi connectivity index (χ0) is 20.6. The number of rotatable bonds is 6. The van der Waals surface area contributed by atoms with Crippen LogP contribution in [0.1, 0.15) is 25.0 Å². The number of benzene rings is 1. The molecule has 0 aliphatic rings. The smallest absolute Gasteiger partial charge is 0.427 e. The quantitative estimate of drug-likeness (QED) is 0.436. The molecule has 1 rings (SSSR count). The Morgan fingerprint density at radius 1 is 0.962 bits per heavy atom. The van der Waals surface area contributed by atoms with Crippen molar-refractivity contribution in [3.63, 3.8) is 0 Å². The van der Waals surface area contributed by atoms with Crippen molar-refractivity contribution in [1.82, 2.24) is 0 Å². The SMILES string of the molecule is CC(=O)Oc1ccc(C(O)CC(F)(F)C(F)(F)C(F)(F)C(F)(F)F)cc1. The Balaban J connectivity index is 3.02. The topological polar surface area (TPSA) is 46.5 Å². The summed E-state index contributed by atoms with van der Waals surface area (Å²) in [4.78, 5) is 10.7. The number of carbonyl (C=O) groups is 1. The van der Waals surface area contributed by atoms with E-state index in [0.29, 0.717) is 0 Å². The van der Waals surface area contributed by atoms with E-state index in [1.807, 2.05) is 0 Å². The van der Waals surface area contributed by atoms with Crippen molar-refractivity contribution in [2.45, 2.75) is 43.4 Å². The van der Waals surface area contributed by atoms with Crippen molar-refractivity contribution in [3.8, 4) is 5.75 Å². The van der Waals surface area contributed by atoms with E-state index in [0.717, 1.165) is 31.2 Å². The number of hydrogen-bond acceptors (Lipinski definition) is 3. The van der Waals surface area contributed by atoms with Crippen molar-refractivity contribution in [3.05, 3.63) is 29.8 Å². The van der Waals surface area contributed by atoms with Crippen molar-refractivity contribution >= 4 is 5.97 Å². The first-order valence-corrected chi connectivity index (χ1v) is 6.69. The summed E-state index contributed by atoms with van der Waals surface area (Å²) in [6.45, 7) is 1.03. The number of esters is 1. The van der Waals surface area contributed by atoms with Crippen molar-refractivity contribution < 1.29 is 54.2 Å². The first kappa shape index (κ1) is 22.1. The molecular formula is C14H11F9O3. The van der Waals surface area contributed by atoms with Crippen LogP contribution in [-0.4, -0.2) is 35.0 Å². The molecule has 1 aromatic rings. The van der Waals surface area contributed by atoms with E-state index in [2.05, 4.69) is 4.74 Å². The predicted molar refractivity (Wildman–Crippen MR) is 68.2 cm³/mol. The minimum atomic E-state index is -7.01. The van der Waals surface area contributed by atoms with Crippen LogP contribution in [-0.2, 0) is 4.79 Å². The summed E-state index contributed by atoms with van der Waals surface area (Å²) in [5.41, 5.74) is -0.494. The zero-order valence-corrected chi connectivity index (χ0v) is 12.8. The van der Waals surface area contributed by atoms with Gasteiger partial charge in [0.15, 0.2) is 0 Å². The van der Waals surface area contributed by atoms with Crippen LogP contribution in [0.4, 0.5) is 39.5 Å². The largest absolute Gasteiger partial charge is 0.460 e. The maximum Gasteiger partial charge on any atom is 0.460 e. The lowest BCUT2D eigenvalue weighted by Gasteiger charge is -2.34. The first-order valence-electron chi connectivity index (χ1n) is 6.69. The molecule has 0 aliphatic carbocycles. The second kappa shape index (κ2) is 6.97. The molecule has 1 aromatic carbocycles. The van der Waals surface area contributed by atoms with Crippen LogP contribution in [0.25, 0.3) is 0 Å². The molecule has 0 bridgehead atoms. The molecule has 0 fully saturated rings. The lowest BCUT2D eigenvalue weighted by molar-refractivity contribution is -0.398. The van der Waals surface area contributed by atoms with Gasteiger partial charge in [0.1, 0.15) is 5.75 Å². The maximum atomic E-state index is 13.5. The standard InChI is InChI=1S/C14H11F9O3/c1-7(24)26-9-4-2-8(3-5-9)10(25)6-11(15,16)12(17,18)13(19,20)14(21,22)23/h2-5,10,25H,6H2,1H3. The maximum absolute atomic E-state index is 13.5. The number of aliphatic hydroxyl groups is 1. The lowest BCUT2D eigenvalue weighted by Crippen LogP contribution is -2.61. The predicted octanol–water partition coefficient (Wildman–Crippen LogP) is 4.50. The highest BCUT2D eigenvalue weighted by Gasteiger charge is 2.81. The van der Waals surface area contributed by atoms with E-state index in [1.165, 1.54) is 0 Å².